The number of aromatic nitrogens is 3. The van der Waals surface area contributed by atoms with Crippen LogP contribution in [-0.4, -0.2) is 45.2 Å². The molecule has 3 aromatic rings. The first-order valence-corrected chi connectivity index (χ1v) is 12.3. The number of aliphatic hydroxyl groups is 1. The third kappa shape index (κ3) is 4.67. The molecule has 0 aliphatic carbocycles. The van der Waals surface area contributed by atoms with Gasteiger partial charge in [0.15, 0.2) is 0 Å². The lowest BCUT2D eigenvalue weighted by Gasteiger charge is -2.40. The van der Waals surface area contributed by atoms with Crippen molar-refractivity contribution in [2.75, 3.05) is 18.0 Å². The Labute approximate surface area is 207 Å². The van der Waals surface area contributed by atoms with E-state index in [1.807, 2.05) is 34.8 Å². The van der Waals surface area contributed by atoms with E-state index in [4.69, 9.17) is 4.74 Å². The number of fused-ring (bicyclic) bond motifs is 1. The van der Waals surface area contributed by atoms with Crippen LogP contribution in [0, 0.1) is 0 Å². The fraction of sp³-hybridized carbons (Fsp3) is 0.462. The molecule has 1 aromatic carbocycles. The lowest BCUT2D eigenvalue weighted by atomic mass is 9.92. The van der Waals surface area contributed by atoms with E-state index < -0.39 is 23.8 Å². The van der Waals surface area contributed by atoms with Gasteiger partial charge in [0.1, 0.15) is 17.5 Å². The number of hydrogen-bond acceptors (Lipinski definition) is 6. The van der Waals surface area contributed by atoms with Crippen LogP contribution in [0.4, 0.5) is 18.9 Å². The highest BCUT2D eigenvalue weighted by atomic mass is 19.4. The zero-order valence-electron chi connectivity index (χ0n) is 20.3. The second-order valence-electron chi connectivity index (χ2n) is 9.51. The maximum atomic E-state index is 13.8. The minimum Gasteiger partial charge on any atom is -0.437 e. The number of nitrogens with one attached hydrogen (secondary N) is 1. The molecular weight excluding hydrogens is 471 g/mol. The van der Waals surface area contributed by atoms with Gasteiger partial charge in [-0.05, 0) is 76.9 Å². The van der Waals surface area contributed by atoms with Crippen LogP contribution in [0.15, 0.2) is 42.9 Å². The second-order valence-corrected chi connectivity index (χ2v) is 9.51. The molecule has 2 aliphatic rings. The van der Waals surface area contributed by atoms with E-state index >= 15 is 0 Å². The highest BCUT2D eigenvalue weighted by molar-refractivity contribution is 5.78. The van der Waals surface area contributed by atoms with Gasteiger partial charge < -0.3 is 20.1 Å². The largest absolute Gasteiger partial charge is 0.437 e. The van der Waals surface area contributed by atoms with Gasteiger partial charge in [-0.3, -0.25) is 4.68 Å². The quantitative estimate of drug-likeness (QED) is 0.503. The van der Waals surface area contributed by atoms with E-state index in [9.17, 15) is 18.3 Å². The van der Waals surface area contributed by atoms with Crippen LogP contribution < -0.4 is 15.0 Å². The first-order chi connectivity index (χ1) is 17.2. The summed E-state index contributed by atoms with van der Waals surface area (Å²) in [4.78, 5) is 5.81. The summed E-state index contributed by atoms with van der Waals surface area (Å²) in [6.07, 6.45) is 2.82. The molecule has 0 amide bonds. The molecule has 1 unspecified atom stereocenters. The molecular formula is C26H30F3N5O2. The maximum Gasteiger partial charge on any atom is 0.421 e. The van der Waals surface area contributed by atoms with Crippen molar-refractivity contribution in [3.05, 3.63) is 54.0 Å². The summed E-state index contributed by atoms with van der Waals surface area (Å²) in [6, 6.07) is 6.29. The third-order valence-electron chi connectivity index (χ3n) is 7.07. The van der Waals surface area contributed by atoms with Gasteiger partial charge in [-0.1, -0.05) is 0 Å². The number of anilines is 1. The van der Waals surface area contributed by atoms with Crippen molar-refractivity contribution in [3.8, 4) is 22.8 Å². The lowest BCUT2D eigenvalue weighted by Crippen LogP contribution is -2.43. The molecule has 36 heavy (non-hydrogen) atoms. The average Bonchev–Trinajstić information content (AvgIpc) is 3.34. The van der Waals surface area contributed by atoms with Gasteiger partial charge in [0.25, 0.3) is 0 Å². The van der Waals surface area contributed by atoms with Crippen LogP contribution in [-0.2, 0) is 12.6 Å². The Morgan fingerprint density at radius 1 is 1.17 bits per heavy atom. The lowest BCUT2D eigenvalue weighted by molar-refractivity contribution is -0.138. The summed E-state index contributed by atoms with van der Waals surface area (Å²) >= 11 is 0. The molecule has 5 rings (SSSR count). The molecule has 1 fully saturated rings. The predicted molar refractivity (Wildman–Crippen MR) is 130 cm³/mol. The number of nitrogens with zero attached hydrogens (tertiary/aromatic N) is 4. The van der Waals surface area contributed by atoms with Crippen molar-refractivity contribution >= 4 is 5.69 Å². The summed E-state index contributed by atoms with van der Waals surface area (Å²) in [5.41, 5.74) is 1.97. The number of benzene rings is 1. The number of hydrogen-bond donors (Lipinski definition) is 2. The molecule has 2 aliphatic heterocycles. The van der Waals surface area contributed by atoms with Gasteiger partial charge >= 0.3 is 6.18 Å². The van der Waals surface area contributed by atoms with Crippen molar-refractivity contribution in [1.82, 2.24) is 20.1 Å². The zero-order chi connectivity index (χ0) is 25.4. The SMILES string of the molecule is CC(O)N1c2ccc(-c3cnn(C4CCNCC4)c3)c(Oc3ncccc3C(F)(F)F)c2CC[C@@H]1C. The number of rotatable bonds is 5. The van der Waals surface area contributed by atoms with Crippen molar-refractivity contribution in [3.63, 3.8) is 0 Å². The molecule has 0 spiro atoms. The third-order valence-corrected chi connectivity index (χ3v) is 7.07. The standard InChI is InChI=1S/C26H30F3N5O2/c1-16-5-6-21-23(34(16)17(2)35)8-7-20(18-14-32-33(15-18)19-9-12-30-13-10-19)24(21)36-25-22(26(27,28)29)4-3-11-31-25/h3-4,7-8,11,14-17,19,30,35H,5-6,9-10,12-13H2,1-2H3/t16-,17?/m0/s1. The summed E-state index contributed by atoms with van der Waals surface area (Å²) in [7, 11) is 0. The highest BCUT2D eigenvalue weighted by Crippen LogP contribution is 2.46. The van der Waals surface area contributed by atoms with Crippen LogP contribution in [0.3, 0.4) is 0 Å². The monoisotopic (exact) mass is 501 g/mol. The van der Waals surface area contributed by atoms with Crippen LogP contribution in [0.1, 0.15) is 50.3 Å². The number of aliphatic hydroxyl groups excluding tert-OH is 1. The van der Waals surface area contributed by atoms with Crippen LogP contribution in [0.2, 0.25) is 0 Å². The Bertz CT molecular complexity index is 1220. The smallest absolute Gasteiger partial charge is 0.421 e. The van der Waals surface area contributed by atoms with Gasteiger partial charge in [-0.25, -0.2) is 4.98 Å². The highest BCUT2D eigenvalue weighted by Gasteiger charge is 2.36. The molecule has 0 saturated carbocycles. The molecule has 2 N–H and O–H groups in total. The predicted octanol–water partition coefficient (Wildman–Crippen LogP) is 5.16. The maximum absolute atomic E-state index is 13.8. The topological polar surface area (TPSA) is 75.4 Å². The van der Waals surface area contributed by atoms with E-state index in [1.54, 1.807) is 13.1 Å². The Kier molecular flexibility index (Phi) is 6.65. The Hall–Kier alpha value is -3.11. The van der Waals surface area contributed by atoms with Gasteiger partial charge in [0, 0.05) is 40.8 Å². The molecule has 0 radical (unpaired) electrons. The first-order valence-electron chi connectivity index (χ1n) is 12.3. The van der Waals surface area contributed by atoms with E-state index in [0.717, 1.165) is 55.2 Å². The van der Waals surface area contributed by atoms with Crippen molar-refractivity contribution < 1.29 is 23.0 Å². The molecule has 1 saturated heterocycles. The summed E-state index contributed by atoms with van der Waals surface area (Å²) in [5.74, 6) is -0.174. The van der Waals surface area contributed by atoms with E-state index in [-0.39, 0.29) is 12.1 Å². The summed E-state index contributed by atoms with van der Waals surface area (Å²) in [6.45, 7) is 5.54. The number of alkyl halides is 3. The molecule has 0 bridgehead atoms. The van der Waals surface area contributed by atoms with E-state index in [2.05, 4.69) is 15.4 Å². The molecule has 4 heterocycles. The number of halogens is 3. The summed E-state index contributed by atoms with van der Waals surface area (Å²) in [5, 5.41) is 18.4. The van der Waals surface area contributed by atoms with Crippen LogP contribution >= 0.6 is 0 Å². The van der Waals surface area contributed by atoms with E-state index in [0.29, 0.717) is 17.7 Å². The average molecular weight is 502 g/mol. The Morgan fingerprint density at radius 2 is 1.94 bits per heavy atom. The second kappa shape index (κ2) is 9.74. The van der Waals surface area contributed by atoms with Gasteiger partial charge in [0.05, 0.1) is 12.2 Å². The van der Waals surface area contributed by atoms with Crippen LogP contribution in [0.5, 0.6) is 11.6 Å². The number of pyridine rings is 1. The molecule has 10 heteroatoms. The van der Waals surface area contributed by atoms with E-state index in [1.165, 1.54) is 12.3 Å². The Morgan fingerprint density at radius 3 is 2.67 bits per heavy atom. The molecule has 192 valence electrons. The van der Waals surface area contributed by atoms with Crippen LogP contribution in [0.25, 0.3) is 11.1 Å². The first kappa shape index (κ1) is 24.6. The van der Waals surface area contributed by atoms with Gasteiger partial charge in [0.2, 0.25) is 5.88 Å². The summed E-state index contributed by atoms with van der Waals surface area (Å²) < 4.78 is 49.3. The molecule has 2 aromatic heterocycles. The Balaban J connectivity index is 1.63. The van der Waals surface area contributed by atoms with Gasteiger partial charge in [-0.2, -0.15) is 18.3 Å². The fourth-order valence-corrected chi connectivity index (χ4v) is 5.28. The van der Waals surface area contributed by atoms with Crippen molar-refractivity contribution in [2.24, 2.45) is 0 Å². The normalized spacial score (nSPS) is 19.7. The van der Waals surface area contributed by atoms with Crippen molar-refractivity contribution in [2.45, 2.75) is 64.0 Å². The minimum atomic E-state index is -4.61. The number of piperidine rings is 1. The minimum absolute atomic E-state index is 0.0689. The fourth-order valence-electron chi connectivity index (χ4n) is 5.28. The number of ether oxygens (including phenoxy) is 1. The molecule has 7 nitrogen and oxygen atoms in total. The van der Waals surface area contributed by atoms with Crippen molar-refractivity contribution in [1.29, 1.82) is 0 Å². The van der Waals surface area contributed by atoms with Gasteiger partial charge in [-0.15, -0.1) is 0 Å². The molecule has 2 atom stereocenters. The zero-order valence-corrected chi connectivity index (χ0v) is 20.3.